The van der Waals surface area contributed by atoms with Crippen molar-refractivity contribution < 1.29 is 22.8 Å². The molecule has 0 unspecified atom stereocenters. The SMILES string of the molecule is C[C@H]1[C@H](C)CCC[C@@H]1NC(=O)c1ccc2c(c1)N(Cc1ccc(C(F)(F)F)cc1)C(=O)c1ccccc1S2. The zero-order chi connectivity index (χ0) is 27.0. The number of carbonyl (C=O) groups excluding carboxylic acids is 2. The summed E-state index contributed by atoms with van der Waals surface area (Å²) in [6.07, 6.45) is -1.27. The van der Waals surface area contributed by atoms with Crippen LogP contribution < -0.4 is 10.2 Å². The number of carbonyl (C=O) groups is 2. The Balaban J connectivity index is 1.49. The fourth-order valence-electron chi connectivity index (χ4n) is 5.24. The van der Waals surface area contributed by atoms with Gasteiger partial charge in [0.25, 0.3) is 11.8 Å². The van der Waals surface area contributed by atoms with Crippen molar-refractivity contribution in [3.8, 4) is 0 Å². The molecule has 198 valence electrons. The van der Waals surface area contributed by atoms with E-state index in [4.69, 9.17) is 0 Å². The largest absolute Gasteiger partial charge is 0.416 e. The molecule has 1 fully saturated rings. The van der Waals surface area contributed by atoms with Crippen molar-refractivity contribution in [2.45, 2.75) is 61.7 Å². The summed E-state index contributed by atoms with van der Waals surface area (Å²) >= 11 is 1.44. The van der Waals surface area contributed by atoms with Gasteiger partial charge in [0.05, 0.1) is 23.4 Å². The van der Waals surface area contributed by atoms with Gasteiger partial charge in [0, 0.05) is 21.4 Å². The van der Waals surface area contributed by atoms with Gasteiger partial charge in [-0.1, -0.05) is 62.7 Å². The predicted molar refractivity (Wildman–Crippen MR) is 142 cm³/mol. The maximum Gasteiger partial charge on any atom is 0.416 e. The van der Waals surface area contributed by atoms with Crippen LogP contribution in [0.5, 0.6) is 0 Å². The van der Waals surface area contributed by atoms with Gasteiger partial charge < -0.3 is 10.2 Å². The summed E-state index contributed by atoms with van der Waals surface area (Å²) in [6, 6.07) is 17.5. The summed E-state index contributed by atoms with van der Waals surface area (Å²) in [6.45, 7) is 4.45. The van der Waals surface area contributed by atoms with Crippen molar-refractivity contribution in [2.75, 3.05) is 4.90 Å². The molecule has 0 radical (unpaired) electrons. The Kier molecular flexibility index (Phi) is 7.27. The number of nitrogens with zero attached hydrogens (tertiary/aromatic N) is 1. The Morgan fingerprint density at radius 3 is 2.47 bits per heavy atom. The summed E-state index contributed by atoms with van der Waals surface area (Å²) < 4.78 is 39.3. The molecule has 2 amide bonds. The zero-order valence-electron chi connectivity index (χ0n) is 21.2. The molecular formula is C30H29F3N2O2S. The van der Waals surface area contributed by atoms with E-state index in [1.807, 2.05) is 18.2 Å². The molecule has 3 aromatic carbocycles. The van der Waals surface area contributed by atoms with Crippen molar-refractivity contribution in [3.63, 3.8) is 0 Å². The van der Waals surface area contributed by atoms with E-state index in [1.165, 1.54) is 23.9 Å². The van der Waals surface area contributed by atoms with E-state index in [1.54, 1.807) is 29.2 Å². The minimum atomic E-state index is -4.44. The first-order chi connectivity index (χ1) is 18.1. The number of rotatable bonds is 4. The molecule has 38 heavy (non-hydrogen) atoms. The molecular weight excluding hydrogens is 509 g/mol. The van der Waals surface area contributed by atoms with Crippen LogP contribution in [-0.2, 0) is 12.7 Å². The first-order valence-electron chi connectivity index (χ1n) is 12.8. The van der Waals surface area contributed by atoms with Gasteiger partial charge in [0.1, 0.15) is 0 Å². The number of anilines is 1. The number of nitrogens with one attached hydrogen (secondary N) is 1. The number of alkyl halides is 3. The highest BCUT2D eigenvalue weighted by Crippen LogP contribution is 2.42. The van der Waals surface area contributed by atoms with Gasteiger partial charge in [0.2, 0.25) is 0 Å². The van der Waals surface area contributed by atoms with Crippen LogP contribution in [0, 0.1) is 11.8 Å². The normalized spacial score (nSPS) is 21.3. The third kappa shape index (κ3) is 5.32. The minimum Gasteiger partial charge on any atom is -0.349 e. The number of amides is 2. The van der Waals surface area contributed by atoms with Crippen molar-refractivity contribution in [3.05, 3.63) is 89.0 Å². The third-order valence-corrected chi connectivity index (χ3v) is 8.88. The minimum absolute atomic E-state index is 0.0705. The Hall–Kier alpha value is -3.26. The van der Waals surface area contributed by atoms with Gasteiger partial charge in [-0.15, -0.1) is 0 Å². The first kappa shape index (κ1) is 26.4. The topological polar surface area (TPSA) is 49.4 Å². The van der Waals surface area contributed by atoms with Crippen LogP contribution >= 0.6 is 11.8 Å². The number of hydrogen-bond donors (Lipinski definition) is 1. The van der Waals surface area contributed by atoms with Crippen molar-refractivity contribution in [1.82, 2.24) is 5.32 Å². The molecule has 0 spiro atoms. The number of fused-ring (bicyclic) bond motifs is 2. The van der Waals surface area contributed by atoms with E-state index in [9.17, 15) is 22.8 Å². The second-order valence-electron chi connectivity index (χ2n) is 10.2. The van der Waals surface area contributed by atoms with Gasteiger partial charge >= 0.3 is 6.18 Å². The lowest BCUT2D eigenvalue weighted by Crippen LogP contribution is -2.43. The zero-order valence-corrected chi connectivity index (χ0v) is 22.0. The van der Waals surface area contributed by atoms with E-state index in [-0.39, 0.29) is 24.4 Å². The van der Waals surface area contributed by atoms with Crippen molar-refractivity contribution in [2.24, 2.45) is 11.8 Å². The lowest BCUT2D eigenvalue weighted by Gasteiger charge is -2.34. The number of benzene rings is 3. The fraction of sp³-hybridized carbons (Fsp3) is 0.333. The molecule has 4 nitrogen and oxygen atoms in total. The van der Waals surface area contributed by atoms with Crippen LogP contribution in [0.1, 0.15) is 65.0 Å². The lowest BCUT2D eigenvalue weighted by molar-refractivity contribution is -0.137. The van der Waals surface area contributed by atoms with E-state index < -0.39 is 11.7 Å². The molecule has 5 rings (SSSR count). The molecule has 1 N–H and O–H groups in total. The first-order valence-corrected chi connectivity index (χ1v) is 13.6. The summed E-state index contributed by atoms with van der Waals surface area (Å²) in [5, 5.41) is 3.20. The van der Waals surface area contributed by atoms with Gasteiger partial charge in [-0.25, -0.2) is 0 Å². The summed E-state index contributed by atoms with van der Waals surface area (Å²) in [5.74, 6) is 0.454. The highest BCUT2D eigenvalue weighted by atomic mass is 32.2. The molecule has 1 aliphatic heterocycles. The van der Waals surface area contributed by atoms with Crippen molar-refractivity contribution >= 4 is 29.3 Å². The Labute approximate surface area is 224 Å². The van der Waals surface area contributed by atoms with E-state index >= 15 is 0 Å². The predicted octanol–water partition coefficient (Wildman–Crippen LogP) is 7.57. The maximum absolute atomic E-state index is 13.7. The van der Waals surface area contributed by atoms with E-state index in [0.29, 0.717) is 34.2 Å². The Bertz CT molecular complexity index is 1360. The van der Waals surface area contributed by atoms with Gasteiger partial charge in [-0.05, 0) is 66.3 Å². The van der Waals surface area contributed by atoms with Crippen LogP contribution in [-0.4, -0.2) is 17.9 Å². The molecule has 1 aliphatic carbocycles. The Morgan fingerprint density at radius 2 is 1.74 bits per heavy atom. The quantitative estimate of drug-likeness (QED) is 0.373. The average Bonchev–Trinajstić information content (AvgIpc) is 3.00. The second-order valence-corrected chi connectivity index (χ2v) is 11.3. The monoisotopic (exact) mass is 538 g/mol. The third-order valence-electron chi connectivity index (χ3n) is 7.74. The van der Waals surface area contributed by atoms with Gasteiger partial charge in [-0.2, -0.15) is 13.2 Å². The van der Waals surface area contributed by atoms with Crippen LogP contribution in [0.2, 0.25) is 0 Å². The molecule has 8 heteroatoms. The highest BCUT2D eigenvalue weighted by Gasteiger charge is 2.32. The van der Waals surface area contributed by atoms with E-state index in [2.05, 4.69) is 19.2 Å². The molecule has 0 bridgehead atoms. The summed E-state index contributed by atoms with van der Waals surface area (Å²) in [5.41, 5.74) is 1.34. The molecule has 1 heterocycles. The lowest BCUT2D eigenvalue weighted by atomic mass is 9.78. The average molecular weight is 539 g/mol. The van der Waals surface area contributed by atoms with Crippen LogP contribution in [0.3, 0.4) is 0 Å². The van der Waals surface area contributed by atoms with Crippen LogP contribution in [0.15, 0.2) is 76.5 Å². The van der Waals surface area contributed by atoms with Gasteiger partial charge in [0.15, 0.2) is 0 Å². The van der Waals surface area contributed by atoms with Crippen LogP contribution in [0.25, 0.3) is 0 Å². The Morgan fingerprint density at radius 1 is 1.00 bits per heavy atom. The van der Waals surface area contributed by atoms with Crippen molar-refractivity contribution in [1.29, 1.82) is 0 Å². The number of hydrogen-bond acceptors (Lipinski definition) is 3. The van der Waals surface area contributed by atoms with E-state index in [0.717, 1.165) is 41.2 Å². The summed E-state index contributed by atoms with van der Waals surface area (Å²) in [4.78, 5) is 30.2. The molecule has 3 atom stereocenters. The highest BCUT2D eigenvalue weighted by molar-refractivity contribution is 7.99. The number of halogens is 3. The van der Waals surface area contributed by atoms with Crippen LogP contribution in [0.4, 0.5) is 18.9 Å². The molecule has 2 aliphatic rings. The second kappa shape index (κ2) is 10.5. The standard InChI is InChI=1S/C30H29F3N2O2S/c1-18-6-5-8-24(19(18)2)34-28(36)21-12-15-27-25(16-21)35(29(37)23-7-3-4-9-26(23)38-27)17-20-10-13-22(14-11-20)30(31,32)33/h3-4,7,9-16,18-19,24H,5-6,8,17H2,1-2H3,(H,34,36)/t18-,19+,24+/m1/s1. The maximum atomic E-state index is 13.7. The van der Waals surface area contributed by atoms with Gasteiger partial charge in [-0.3, -0.25) is 9.59 Å². The molecule has 0 aromatic heterocycles. The molecule has 0 saturated heterocycles. The molecule has 1 saturated carbocycles. The summed E-state index contributed by atoms with van der Waals surface area (Å²) in [7, 11) is 0. The molecule has 3 aromatic rings. The smallest absolute Gasteiger partial charge is 0.349 e. The fourth-order valence-corrected chi connectivity index (χ4v) is 6.30.